The maximum absolute atomic E-state index is 5.39. The summed E-state index contributed by atoms with van der Waals surface area (Å²) in [7, 11) is 0. The molecular formula is C39H25N5. The summed E-state index contributed by atoms with van der Waals surface area (Å²) < 4.78 is 4.47. The Kier molecular flexibility index (Phi) is 5.43. The molecule has 0 aliphatic rings. The molecule has 5 aromatic heterocycles. The molecule has 0 saturated heterocycles. The van der Waals surface area contributed by atoms with Crippen molar-refractivity contribution in [1.82, 2.24) is 24.1 Å². The van der Waals surface area contributed by atoms with Crippen LogP contribution in [0.2, 0.25) is 0 Å². The van der Waals surface area contributed by atoms with Gasteiger partial charge in [-0.15, -0.1) is 0 Å². The zero-order valence-electron chi connectivity index (χ0n) is 23.7. The number of benzene rings is 4. The van der Waals surface area contributed by atoms with E-state index in [1.54, 1.807) is 0 Å². The fourth-order valence-corrected chi connectivity index (χ4v) is 6.42. The third kappa shape index (κ3) is 3.76. The molecule has 206 valence electrons. The largest absolute Gasteiger partial charge is 0.292 e. The highest BCUT2D eigenvalue weighted by Crippen LogP contribution is 2.37. The molecule has 5 nitrogen and oxygen atoms in total. The molecule has 0 aliphatic carbocycles. The predicted octanol–water partition coefficient (Wildman–Crippen LogP) is 9.40. The molecular weight excluding hydrogens is 538 g/mol. The topological polar surface area (TPSA) is 48.5 Å². The number of hydrogen-bond donors (Lipinski definition) is 0. The second kappa shape index (κ2) is 9.75. The Morgan fingerprint density at radius 2 is 0.795 bits per heavy atom. The van der Waals surface area contributed by atoms with Gasteiger partial charge in [0.2, 0.25) is 0 Å². The van der Waals surface area contributed by atoms with Crippen molar-refractivity contribution in [2.45, 2.75) is 0 Å². The van der Waals surface area contributed by atoms with Crippen LogP contribution in [0, 0.1) is 0 Å². The Bertz CT molecular complexity index is 2320. The summed E-state index contributed by atoms with van der Waals surface area (Å²) in [4.78, 5) is 15.1. The van der Waals surface area contributed by atoms with Gasteiger partial charge in [-0.3, -0.25) is 9.13 Å². The summed E-state index contributed by atoms with van der Waals surface area (Å²) in [6.07, 6.45) is 3.78. The lowest BCUT2D eigenvalue weighted by Crippen LogP contribution is -2.00. The number of fused-ring (bicyclic) bond motifs is 6. The number of rotatable bonds is 4. The van der Waals surface area contributed by atoms with Gasteiger partial charge in [0.15, 0.2) is 0 Å². The van der Waals surface area contributed by atoms with Crippen LogP contribution in [0.15, 0.2) is 152 Å². The zero-order chi connectivity index (χ0) is 29.0. The number of aromatic nitrogens is 5. The number of para-hydroxylation sites is 2. The van der Waals surface area contributed by atoms with E-state index in [1.165, 1.54) is 0 Å². The summed E-state index contributed by atoms with van der Waals surface area (Å²) >= 11 is 0. The lowest BCUT2D eigenvalue weighted by molar-refractivity contribution is 1.07. The van der Waals surface area contributed by atoms with E-state index in [-0.39, 0.29) is 0 Å². The second-order valence-corrected chi connectivity index (χ2v) is 11.0. The highest BCUT2D eigenvalue weighted by Gasteiger charge is 2.20. The molecule has 0 aliphatic heterocycles. The van der Waals surface area contributed by atoms with Gasteiger partial charge in [0.1, 0.15) is 11.6 Å². The zero-order valence-corrected chi connectivity index (χ0v) is 23.7. The first-order valence-corrected chi connectivity index (χ1v) is 14.7. The summed E-state index contributed by atoms with van der Waals surface area (Å²) in [6.45, 7) is 0. The highest BCUT2D eigenvalue weighted by atomic mass is 15.1. The van der Waals surface area contributed by atoms with Gasteiger partial charge in [0, 0.05) is 23.2 Å². The molecule has 0 N–H and O–H groups in total. The van der Waals surface area contributed by atoms with E-state index in [9.17, 15) is 0 Å². The van der Waals surface area contributed by atoms with Gasteiger partial charge >= 0.3 is 0 Å². The van der Waals surface area contributed by atoms with Crippen molar-refractivity contribution < 1.29 is 0 Å². The van der Waals surface area contributed by atoms with Crippen LogP contribution in [0.5, 0.6) is 0 Å². The molecule has 4 aromatic carbocycles. The lowest BCUT2D eigenvalue weighted by Gasteiger charge is -2.11. The van der Waals surface area contributed by atoms with Gasteiger partial charge in [-0.1, -0.05) is 97.1 Å². The molecule has 0 saturated carbocycles. The Hall–Kier alpha value is -6.07. The minimum atomic E-state index is 0.852. The maximum Gasteiger partial charge on any atom is 0.138 e. The molecule has 9 aromatic rings. The molecule has 0 unspecified atom stereocenters. The number of pyridine rings is 3. The first-order chi connectivity index (χ1) is 21.8. The standard InChI is InChI=1S/C39H25N5/c1-3-11-26(12-4-1)28-19-21-40-36(23-28)43-32-17-9-7-15-30(32)38-34(43)25-35-39(42-38)31-16-8-10-18-33(31)44(35)37-24-29(20-22-41-37)27-13-5-2-6-14-27/h1-25H. The van der Waals surface area contributed by atoms with E-state index in [1.807, 2.05) is 24.5 Å². The van der Waals surface area contributed by atoms with E-state index in [0.29, 0.717) is 0 Å². The lowest BCUT2D eigenvalue weighted by atomic mass is 10.1. The van der Waals surface area contributed by atoms with Gasteiger partial charge in [-0.05, 0) is 64.7 Å². The van der Waals surface area contributed by atoms with E-state index in [4.69, 9.17) is 15.0 Å². The Balaban J connectivity index is 1.35. The first-order valence-electron chi connectivity index (χ1n) is 14.7. The summed E-state index contributed by atoms with van der Waals surface area (Å²) in [6, 6.07) is 48.5. The van der Waals surface area contributed by atoms with Crippen LogP contribution in [-0.4, -0.2) is 24.1 Å². The van der Waals surface area contributed by atoms with Crippen LogP contribution in [0.4, 0.5) is 0 Å². The third-order valence-corrected chi connectivity index (χ3v) is 8.43. The summed E-state index contributed by atoms with van der Waals surface area (Å²) in [5, 5.41) is 2.19. The van der Waals surface area contributed by atoms with Crippen molar-refractivity contribution in [3.05, 3.63) is 152 Å². The first kappa shape index (κ1) is 24.5. The fraction of sp³-hybridized carbons (Fsp3) is 0. The minimum Gasteiger partial charge on any atom is -0.292 e. The van der Waals surface area contributed by atoms with Crippen LogP contribution in [0.3, 0.4) is 0 Å². The van der Waals surface area contributed by atoms with Crippen LogP contribution >= 0.6 is 0 Å². The quantitative estimate of drug-likeness (QED) is 0.214. The third-order valence-electron chi connectivity index (χ3n) is 8.43. The van der Waals surface area contributed by atoms with Crippen molar-refractivity contribution in [2.24, 2.45) is 0 Å². The van der Waals surface area contributed by atoms with Gasteiger partial charge in [-0.2, -0.15) is 0 Å². The minimum absolute atomic E-state index is 0.852. The van der Waals surface area contributed by atoms with Gasteiger partial charge in [0.25, 0.3) is 0 Å². The number of hydrogen-bond acceptors (Lipinski definition) is 3. The van der Waals surface area contributed by atoms with Gasteiger partial charge in [0.05, 0.1) is 33.1 Å². The van der Waals surface area contributed by atoms with Crippen molar-refractivity contribution in [3.8, 4) is 33.9 Å². The van der Waals surface area contributed by atoms with Crippen LogP contribution in [0.25, 0.3) is 77.8 Å². The molecule has 0 radical (unpaired) electrons. The molecule has 0 amide bonds. The smallest absolute Gasteiger partial charge is 0.138 e. The molecule has 44 heavy (non-hydrogen) atoms. The maximum atomic E-state index is 5.39. The highest BCUT2D eigenvalue weighted by molar-refractivity contribution is 6.15. The monoisotopic (exact) mass is 563 g/mol. The predicted molar refractivity (Wildman–Crippen MR) is 179 cm³/mol. The molecule has 0 spiro atoms. The van der Waals surface area contributed by atoms with Gasteiger partial charge in [-0.25, -0.2) is 15.0 Å². The molecule has 5 heterocycles. The van der Waals surface area contributed by atoms with E-state index in [2.05, 4.69) is 137 Å². The van der Waals surface area contributed by atoms with Gasteiger partial charge < -0.3 is 0 Å². The van der Waals surface area contributed by atoms with Crippen molar-refractivity contribution >= 4 is 43.9 Å². The average Bonchev–Trinajstić information content (AvgIpc) is 3.60. The second-order valence-electron chi connectivity index (χ2n) is 11.0. The van der Waals surface area contributed by atoms with Crippen LogP contribution in [-0.2, 0) is 0 Å². The van der Waals surface area contributed by atoms with Crippen molar-refractivity contribution in [2.75, 3.05) is 0 Å². The van der Waals surface area contributed by atoms with Crippen molar-refractivity contribution in [3.63, 3.8) is 0 Å². The number of nitrogens with zero attached hydrogens (tertiary/aromatic N) is 5. The molecule has 0 atom stereocenters. The molecule has 9 rings (SSSR count). The SMILES string of the molecule is c1ccc(-c2ccnc(-n3c4ccccc4c4nc5c6ccccc6n(-c6cc(-c7ccccc7)ccn6)c5cc43)c2)cc1. The molecule has 5 heteroatoms. The average molecular weight is 564 g/mol. The fourth-order valence-electron chi connectivity index (χ4n) is 6.42. The summed E-state index contributed by atoms with van der Waals surface area (Å²) in [5.41, 5.74) is 10.6. The van der Waals surface area contributed by atoms with Crippen LogP contribution in [0.1, 0.15) is 0 Å². The molecule has 0 bridgehead atoms. The summed E-state index contributed by atoms with van der Waals surface area (Å²) in [5.74, 6) is 1.70. The van der Waals surface area contributed by atoms with E-state index in [0.717, 1.165) is 77.8 Å². The van der Waals surface area contributed by atoms with Crippen molar-refractivity contribution in [1.29, 1.82) is 0 Å². The Labute approximate surface area is 253 Å². The normalized spacial score (nSPS) is 11.6. The Morgan fingerprint density at radius 1 is 0.364 bits per heavy atom. The molecule has 0 fully saturated rings. The Morgan fingerprint density at radius 3 is 1.27 bits per heavy atom. The van der Waals surface area contributed by atoms with E-state index >= 15 is 0 Å². The van der Waals surface area contributed by atoms with Crippen LogP contribution < -0.4 is 0 Å². The van der Waals surface area contributed by atoms with E-state index < -0.39 is 0 Å².